The predicted octanol–water partition coefficient (Wildman–Crippen LogP) is -0.0993. The normalized spacial score (nSPS) is 12.4. The summed E-state index contributed by atoms with van der Waals surface area (Å²) >= 11 is 0. The first-order valence-corrected chi connectivity index (χ1v) is 4.78. The van der Waals surface area contributed by atoms with Crippen LogP contribution in [0.3, 0.4) is 0 Å². The van der Waals surface area contributed by atoms with Crippen LogP contribution in [0.2, 0.25) is 0 Å². The van der Waals surface area contributed by atoms with E-state index < -0.39 is 12.0 Å². The van der Waals surface area contributed by atoms with Gasteiger partial charge in [0.25, 0.3) is 0 Å². The van der Waals surface area contributed by atoms with E-state index in [9.17, 15) is 4.79 Å². The van der Waals surface area contributed by atoms with Crippen LogP contribution >= 0.6 is 0 Å². The van der Waals surface area contributed by atoms with Crippen LogP contribution in [0.1, 0.15) is 11.3 Å². The van der Waals surface area contributed by atoms with Gasteiger partial charge in [-0.15, -0.1) is 0 Å². The molecule has 1 heterocycles. The van der Waals surface area contributed by atoms with Gasteiger partial charge in [-0.05, 0) is 24.6 Å². The molecular weight excluding hydrogens is 210 g/mol. The van der Waals surface area contributed by atoms with E-state index in [0.29, 0.717) is 11.5 Å². The summed E-state index contributed by atoms with van der Waals surface area (Å²) in [6.07, 6.45) is 0. The Morgan fingerprint density at radius 3 is 2.88 bits per heavy atom. The molecule has 0 unspecified atom stereocenters. The van der Waals surface area contributed by atoms with E-state index in [1.807, 2.05) is 13.0 Å². The second-order valence-corrected chi connectivity index (χ2v) is 3.52. The number of aromatic nitrogens is 1. The molecule has 88 valence electrons. The molecule has 0 fully saturated rings. The van der Waals surface area contributed by atoms with E-state index in [1.165, 1.54) is 0 Å². The molecule has 1 rings (SSSR count). The van der Waals surface area contributed by atoms with Crippen LogP contribution in [0.25, 0.3) is 0 Å². The first kappa shape index (κ1) is 12.4. The van der Waals surface area contributed by atoms with Crippen LogP contribution in [0.15, 0.2) is 12.1 Å². The number of carboxylic acid groups (broad SMARTS) is 1. The zero-order valence-corrected chi connectivity index (χ0v) is 9.01. The van der Waals surface area contributed by atoms with Gasteiger partial charge < -0.3 is 21.3 Å². The van der Waals surface area contributed by atoms with E-state index >= 15 is 0 Å². The summed E-state index contributed by atoms with van der Waals surface area (Å²) in [6.45, 7) is 2.04. The van der Waals surface area contributed by atoms with Crippen molar-refractivity contribution in [3.05, 3.63) is 23.4 Å². The first-order chi connectivity index (χ1) is 7.49. The van der Waals surface area contributed by atoms with E-state index in [-0.39, 0.29) is 13.2 Å². The molecular formula is C10H15N3O3. The van der Waals surface area contributed by atoms with Gasteiger partial charge in [0.1, 0.15) is 11.9 Å². The Morgan fingerprint density at radius 1 is 1.62 bits per heavy atom. The van der Waals surface area contributed by atoms with Gasteiger partial charge in [-0.1, -0.05) is 0 Å². The third kappa shape index (κ3) is 3.84. The van der Waals surface area contributed by atoms with E-state index in [2.05, 4.69) is 4.98 Å². The maximum absolute atomic E-state index is 10.4. The van der Waals surface area contributed by atoms with E-state index in [4.69, 9.17) is 21.3 Å². The number of nitrogens with zero attached hydrogens (tertiary/aromatic N) is 1. The lowest BCUT2D eigenvalue weighted by Gasteiger charge is -2.08. The van der Waals surface area contributed by atoms with Crippen molar-refractivity contribution in [1.29, 1.82) is 0 Å². The van der Waals surface area contributed by atoms with Crippen LogP contribution < -0.4 is 11.5 Å². The van der Waals surface area contributed by atoms with Crippen molar-refractivity contribution in [2.24, 2.45) is 5.73 Å². The predicted molar refractivity (Wildman–Crippen MR) is 58.7 cm³/mol. The molecule has 1 aromatic rings. The molecule has 0 amide bonds. The molecule has 0 aliphatic carbocycles. The topological polar surface area (TPSA) is 111 Å². The average molecular weight is 225 g/mol. The van der Waals surface area contributed by atoms with E-state index in [0.717, 1.165) is 5.56 Å². The van der Waals surface area contributed by atoms with Crippen LogP contribution in [0.5, 0.6) is 0 Å². The number of pyridine rings is 1. The smallest absolute Gasteiger partial charge is 0.322 e. The summed E-state index contributed by atoms with van der Waals surface area (Å²) in [7, 11) is 0. The molecule has 1 aromatic heterocycles. The van der Waals surface area contributed by atoms with Crippen molar-refractivity contribution in [3.8, 4) is 0 Å². The highest BCUT2D eigenvalue weighted by Crippen LogP contribution is 2.07. The van der Waals surface area contributed by atoms with Crippen molar-refractivity contribution >= 4 is 11.8 Å². The number of hydrogen-bond acceptors (Lipinski definition) is 5. The Morgan fingerprint density at radius 2 is 2.31 bits per heavy atom. The molecule has 1 atom stereocenters. The average Bonchev–Trinajstić information content (AvgIpc) is 2.15. The zero-order chi connectivity index (χ0) is 12.1. The number of carboxylic acids is 1. The molecule has 0 bridgehead atoms. The maximum atomic E-state index is 10.4. The zero-order valence-electron chi connectivity index (χ0n) is 9.01. The highest BCUT2D eigenvalue weighted by Gasteiger charge is 2.11. The van der Waals surface area contributed by atoms with Gasteiger partial charge in [0.2, 0.25) is 0 Å². The highest BCUT2D eigenvalue weighted by atomic mass is 16.5. The van der Waals surface area contributed by atoms with Crippen LogP contribution in [-0.2, 0) is 16.1 Å². The number of carbonyl (C=O) groups is 1. The molecule has 6 nitrogen and oxygen atoms in total. The summed E-state index contributed by atoms with van der Waals surface area (Å²) < 4.78 is 5.13. The third-order valence-corrected chi connectivity index (χ3v) is 1.91. The van der Waals surface area contributed by atoms with Crippen molar-refractivity contribution in [2.75, 3.05) is 12.3 Å². The maximum Gasteiger partial charge on any atom is 0.322 e. The Hall–Kier alpha value is -1.66. The minimum Gasteiger partial charge on any atom is -0.480 e. The van der Waals surface area contributed by atoms with Gasteiger partial charge >= 0.3 is 5.97 Å². The van der Waals surface area contributed by atoms with Gasteiger partial charge in [-0.2, -0.15) is 0 Å². The van der Waals surface area contributed by atoms with Crippen molar-refractivity contribution < 1.29 is 14.6 Å². The fourth-order valence-corrected chi connectivity index (χ4v) is 1.20. The SMILES string of the molecule is Cc1cc(N)nc(COC[C@@H](N)C(=O)O)c1. The van der Waals surface area contributed by atoms with Crippen LogP contribution in [0.4, 0.5) is 5.82 Å². The third-order valence-electron chi connectivity index (χ3n) is 1.91. The number of anilines is 1. The summed E-state index contributed by atoms with van der Waals surface area (Å²) in [5, 5.41) is 8.53. The minimum absolute atomic E-state index is 0.0507. The van der Waals surface area contributed by atoms with E-state index in [1.54, 1.807) is 6.07 Å². The second kappa shape index (κ2) is 5.43. The number of nitrogen functional groups attached to an aromatic ring is 1. The number of rotatable bonds is 5. The molecule has 0 radical (unpaired) electrons. The standard InChI is InChI=1S/C10H15N3O3/c1-6-2-7(13-9(12)3-6)4-16-5-8(11)10(14)15/h2-3,8H,4-5,11H2,1H3,(H2,12,13)(H,14,15)/t8-/m1/s1. The van der Waals surface area contributed by atoms with Gasteiger partial charge in [0.15, 0.2) is 0 Å². The molecule has 0 aromatic carbocycles. The number of aryl methyl sites for hydroxylation is 1. The molecule has 0 aliphatic rings. The van der Waals surface area contributed by atoms with Crippen molar-refractivity contribution in [2.45, 2.75) is 19.6 Å². The van der Waals surface area contributed by atoms with Crippen LogP contribution in [0, 0.1) is 6.92 Å². The molecule has 0 aliphatic heterocycles. The number of hydrogen-bond donors (Lipinski definition) is 3. The van der Waals surface area contributed by atoms with Gasteiger partial charge in [-0.3, -0.25) is 4.79 Å². The lowest BCUT2D eigenvalue weighted by molar-refractivity contribution is -0.140. The highest BCUT2D eigenvalue weighted by molar-refractivity contribution is 5.73. The monoisotopic (exact) mass is 225 g/mol. The van der Waals surface area contributed by atoms with Crippen molar-refractivity contribution in [3.63, 3.8) is 0 Å². The lowest BCUT2D eigenvalue weighted by Crippen LogP contribution is -2.34. The fraction of sp³-hybridized carbons (Fsp3) is 0.400. The van der Waals surface area contributed by atoms with Crippen molar-refractivity contribution in [1.82, 2.24) is 4.98 Å². The Kier molecular flexibility index (Phi) is 4.21. The summed E-state index contributed by atoms with van der Waals surface area (Å²) in [5.41, 5.74) is 12.5. The Labute approximate surface area is 93.2 Å². The Balaban J connectivity index is 2.46. The lowest BCUT2D eigenvalue weighted by atomic mass is 10.2. The molecule has 5 N–H and O–H groups in total. The summed E-state index contributed by atoms with van der Waals surface area (Å²) in [5.74, 6) is -0.669. The molecule has 0 saturated carbocycles. The minimum atomic E-state index is -1.09. The molecule has 0 saturated heterocycles. The number of aliphatic carboxylic acids is 1. The summed E-state index contributed by atoms with van der Waals surface area (Å²) in [6, 6.07) is 2.55. The van der Waals surface area contributed by atoms with Gasteiger partial charge in [0.05, 0.1) is 18.9 Å². The first-order valence-electron chi connectivity index (χ1n) is 4.78. The molecule has 0 spiro atoms. The van der Waals surface area contributed by atoms with Gasteiger partial charge in [-0.25, -0.2) is 4.98 Å². The quantitative estimate of drug-likeness (QED) is 0.645. The number of ether oxygens (including phenoxy) is 1. The largest absolute Gasteiger partial charge is 0.480 e. The molecule has 16 heavy (non-hydrogen) atoms. The summed E-state index contributed by atoms with van der Waals surface area (Å²) in [4.78, 5) is 14.4. The molecule has 6 heteroatoms. The second-order valence-electron chi connectivity index (χ2n) is 3.52. The van der Waals surface area contributed by atoms with Gasteiger partial charge in [0, 0.05) is 0 Å². The number of nitrogens with two attached hydrogens (primary N) is 2. The van der Waals surface area contributed by atoms with Crippen LogP contribution in [-0.4, -0.2) is 28.7 Å². The fourth-order valence-electron chi connectivity index (χ4n) is 1.20. The Bertz CT molecular complexity index is 361.